The predicted octanol–water partition coefficient (Wildman–Crippen LogP) is 1.62. The van der Waals surface area contributed by atoms with Crippen LogP contribution in [0.25, 0.3) is 0 Å². The van der Waals surface area contributed by atoms with Crippen LogP contribution in [0.2, 0.25) is 5.15 Å². The van der Waals surface area contributed by atoms with Gasteiger partial charge in [0, 0.05) is 5.33 Å². The van der Waals surface area contributed by atoms with Crippen molar-refractivity contribution in [3.8, 4) is 5.75 Å². The number of hydrogen-bond donors (Lipinski definition) is 3. The molecular weight excluding hydrogens is 285 g/mol. The number of rotatable bonds is 4. The number of pyridine rings is 1. The Balaban J connectivity index is 2.89. The zero-order chi connectivity index (χ0) is 11.4. The molecule has 0 fully saturated rings. The van der Waals surface area contributed by atoms with Gasteiger partial charge in [0.1, 0.15) is 22.7 Å². The quantitative estimate of drug-likeness (QED) is 0.583. The molecule has 0 saturated carbocycles. The largest absolute Gasteiger partial charge is 0.506 e. The van der Waals surface area contributed by atoms with Crippen LogP contribution in [0.5, 0.6) is 5.75 Å². The molecule has 1 aromatic rings. The van der Waals surface area contributed by atoms with E-state index in [1.54, 1.807) is 0 Å². The number of aliphatic hydroxyl groups excluding tert-OH is 2. The predicted molar refractivity (Wildman–Crippen MR) is 60.3 cm³/mol. The molecule has 0 bridgehead atoms. The molecule has 2 unspecified atom stereocenters. The third kappa shape index (κ3) is 3.31. The summed E-state index contributed by atoms with van der Waals surface area (Å²) in [7, 11) is 0. The Morgan fingerprint density at radius 2 is 2.07 bits per heavy atom. The Morgan fingerprint density at radius 3 is 2.67 bits per heavy atom. The highest BCUT2D eigenvalue weighted by Gasteiger charge is 2.22. The second kappa shape index (κ2) is 5.65. The average molecular weight is 297 g/mol. The molecule has 2 atom stereocenters. The van der Waals surface area contributed by atoms with Crippen molar-refractivity contribution in [3.05, 3.63) is 23.0 Å². The first-order valence-electron chi connectivity index (χ1n) is 4.33. The maximum Gasteiger partial charge on any atom is 0.140 e. The Kier molecular flexibility index (Phi) is 4.79. The van der Waals surface area contributed by atoms with Crippen molar-refractivity contribution in [2.45, 2.75) is 18.6 Å². The summed E-state index contributed by atoms with van der Waals surface area (Å²) < 4.78 is 0. The molecule has 6 heteroatoms. The minimum atomic E-state index is -1.23. The Labute approximate surface area is 101 Å². The van der Waals surface area contributed by atoms with E-state index in [9.17, 15) is 15.3 Å². The molecular formula is C9H11BrClNO3. The number of nitrogens with zero attached hydrogens (tertiary/aromatic N) is 1. The van der Waals surface area contributed by atoms with Gasteiger partial charge < -0.3 is 15.3 Å². The minimum Gasteiger partial charge on any atom is -0.506 e. The lowest BCUT2D eigenvalue weighted by molar-refractivity contribution is 0.0134. The smallest absolute Gasteiger partial charge is 0.140 e. The van der Waals surface area contributed by atoms with Gasteiger partial charge in [0.05, 0.1) is 6.10 Å². The molecule has 15 heavy (non-hydrogen) atoms. The van der Waals surface area contributed by atoms with E-state index in [4.69, 9.17) is 11.6 Å². The van der Waals surface area contributed by atoms with Crippen molar-refractivity contribution >= 4 is 27.5 Å². The summed E-state index contributed by atoms with van der Waals surface area (Å²) in [5.74, 6) is -0.180. The van der Waals surface area contributed by atoms with Crippen molar-refractivity contribution in [2.75, 3.05) is 5.33 Å². The molecule has 0 amide bonds. The summed E-state index contributed by atoms with van der Waals surface area (Å²) in [5.41, 5.74) is -0.00375. The topological polar surface area (TPSA) is 73.6 Å². The molecule has 0 aliphatic carbocycles. The molecule has 1 rings (SSSR count). The van der Waals surface area contributed by atoms with Crippen LogP contribution >= 0.6 is 27.5 Å². The fourth-order valence-electron chi connectivity index (χ4n) is 1.11. The van der Waals surface area contributed by atoms with E-state index >= 15 is 0 Å². The number of aromatic hydroxyl groups is 1. The van der Waals surface area contributed by atoms with Crippen molar-refractivity contribution in [3.63, 3.8) is 0 Å². The number of hydrogen-bond acceptors (Lipinski definition) is 4. The molecule has 0 radical (unpaired) electrons. The van der Waals surface area contributed by atoms with Crippen LogP contribution in [0, 0.1) is 0 Å². The zero-order valence-corrected chi connectivity index (χ0v) is 10.1. The molecule has 4 nitrogen and oxygen atoms in total. The van der Waals surface area contributed by atoms with Crippen LogP contribution in [-0.4, -0.2) is 31.7 Å². The lowest BCUT2D eigenvalue weighted by Crippen LogP contribution is -2.19. The van der Waals surface area contributed by atoms with Crippen molar-refractivity contribution in [1.29, 1.82) is 0 Å². The lowest BCUT2D eigenvalue weighted by Gasteiger charge is -2.17. The van der Waals surface area contributed by atoms with E-state index in [2.05, 4.69) is 20.9 Å². The van der Waals surface area contributed by atoms with E-state index in [-0.39, 0.29) is 16.6 Å². The highest BCUT2D eigenvalue weighted by Crippen LogP contribution is 2.27. The number of aliphatic hydroxyl groups is 2. The third-order valence-electron chi connectivity index (χ3n) is 1.92. The highest BCUT2D eigenvalue weighted by atomic mass is 79.9. The van der Waals surface area contributed by atoms with Crippen molar-refractivity contribution in [2.24, 2.45) is 0 Å². The molecule has 3 N–H and O–H groups in total. The summed E-state index contributed by atoms with van der Waals surface area (Å²) >= 11 is 8.76. The van der Waals surface area contributed by atoms with Crippen LogP contribution in [0.3, 0.4) is 0 Å². The van der Waals surface area contributed by atoms with Gasteiger partial charge in [0.25, 0.3) is 0 Å². The molecule has 1 aromatic heterocycles. The van der Waals surface area contributed by atoms with Gasteiger partial charge in [-0.3, -0.25) is 0 Å². The Hall–Kier alpha value is -0.360. The van der Waals surface area contributed by atoms with Crippen LogP contribution in [0.4, 0.5) is 0 Å². The van der Waals surface area contributed by atoms with E-state index < -0.39 is 12.2 Å². The second-order valence-electron chi connectivity index (χ2n) is 3.03. The molecule has 0 spiro atoms. The number of aromatic nitrogens is 1. The lowest BCUT2D eigenvalue weighted by atomic mass is 10.1. The van der Waals surface area contributed by atoms with E-state index in [0.717, 1.165) is 0 Å². The van der Waals surface area contributed by atoms with Gasteiger partial charge in [-0.1, -0.05) is 27.5 Å². The number of alkyl halides is 1. The van der Waals surface area contributed by atoms with Crippen LogP contribution in [-0.2, 0) is 0 Å². The van der Waals surface area contributed by atoms with E-state index in [0.29, 0.717) is 11.8 Å². The first-order chi connectivity index (χ1) is 7.06. The maximum absolute atomic E-state index is 9.67. The van der Waals surface area contributed by atoms with Crippen molar-refractivity contribution in [1.82, 2.24) is 4.98 Å². The standard InChI is InChI=1S/C9H11BrClNO3/c10-4-3-6(14)9(15)8-5(13)1-2-7(11)12-8/h1-2,6,9,13-15H,3-4H2. The van der Waals surface area contributed by atoms with Gasteiger partial charge in [-0.15, -0.1) is 0 Å². The summed E-state index contributed by atoms with van der Waals surface area (Å²) in [5, 5.41) is 29.3. The van der Waals surface area contributed by atoms with Crippen LogP contribution in [0.15, 0.2) is 12.1 Å². The fraction of sp³-hybridized carbons (Fsp3) is 0.444. The van der Waals surface area contributed by atoms with Crippen molar-refractivity contribution < 1.29 is 15.3 Å². The highest BCUT2D eigenvalue weighted by molar-refractivity contribution is 9.09. The Bertz CT molecular complexity index is 337. The second-order valence-corrected chi connectivity index (χ2v) is 4.21. The Morgan fingerprint density at radius 1 is 1.40 bits per heavy atom. The normalized spacial score (nSPS) is 14.9. The SMILES string of the molecule is Oc1ccc(Cl)nc1C(O)C(O)CCBr. The summed E-state index contributed by atoms with van der Waals surface area (Å²) in [6.07, 6.45) is -1.86. The summed E-state index contributed by atoms with van der Waals surface area (Å²) in [6.45, 7) is 0. The average Bonchev–Trinajstić information content (AvgIpc) is 2.21. The maximum atomic E-state index is 9.67. The molecule has 0 saturated heterocycles. The number of halogens is 2. The molecule has 0 aliphatic heterocycles. The molecule has 1 heterocycles. The van der Waals surface area contributed by atoms with Crippen LogP contribution in [0.1, 0.15) is 18.2 Å². The van der Waals surface area contributed by atoms with Gasteiger partial charge in [-0.25, -0.2) is 4.98 Å². The molecule has 84 valence electrons. The van der Waals surface area contributed by atoms with Gasteiger partial charge in [-0.05, 0) is 18.6 Å². The summed E-state index contributed by atoms with van der Waals surface area (Å²) in [6, 6.07) is 2.73. The minimum absolute atomic E-state index is 0.00375. The summed E-state index contributed by atoms with van der Waals surface area (Å²) in [4.78, 5) is 3.77. The van der Waals surface area contributed by atoms with Gasteiger partial charge in [0.15, 0.2) is 0 Å². The monoisotopic (exact) mass is 295 g/mol. The van der Waals surface area contributed by atoms with E-state index in [1.807, 2.05) is 0 Å². The van der Waals surface area contributed by atoms with Gasteiger partial charge in [-0.2, -0.15) is 0 Å². The molecule has 0 aromatic carbocycles. The first-order valence-corrected chi connectivity index (χ1v) is 5.83. The third-order valence-corrected chi connectivity index (χ3v) is 2.59. The van der Waals surface area contributed by atoms with Gasteiger partial charge in [0.2, 0.25) is 0 Å². The zero-order valence-electron chi connectivity index (χ0n) is 7.77. The van der Waals surface area contributed by atoms with E-state index in [1.165, 1.54) is 12.1 Å². The van der Waals surface area contributed by atoms with Gasteiger partial charge >= 0.3 is 0 Å². The van der Waals surface area contributed by atoms with Crippen LogP contribution < -0.4 is 0 Å². The fourth-order valence-corrected chi connectivity index (χ4v) is 1.74. The first kappa shape index (κ1) is 12.7. The molecule has 0 aliphatic rings.